The van der Waals surface area contributed by atoms with E-state index in [1.807, 2.05) is 0 Å². The maximum absolute atomic E-state index is 11.8. The average Bonchev–Trinajstić information content (AvgIpc) is 2.45. The van der Waals surface area contributed by atoms with Gasteiger partial charge in [-0.05, 0) is 37.6 Å². The van der Waals surface area contributed by atoms with E-state index in [1.54, 1.807) is 32.0 Å². The number of hydrogen-bond acceptors (Lipinski definition) is 7. The van der Waals surface area contributed by atoms with Crippen molar-refractivity contribution in [1.29, 1.82) is 0 Å². The van der Waals surface area contributed by atoms with Gasteiger partial charge in [0.25, 0.3) is 5.79 Å². The Morgan fingerprint density at radius 3 is 2.42 bits per heavy atom. The molecule has 0 unspecified atom stereocenters. The first-order valence-electron chi connectivity index (χ1n) is 7.44. The van der Waals surface area contributed by atoms with Gasteiger partial charge in [0.2, 0.25) is 0 Å². The first-order chi connectivity index (χ1) is 11.2. The van der Waals surface area contributed by atoms with E-state index in [-0.39, 0.29) is 5.57 Å². The zero-order valence-electron chi connectivity index (χ0n) is 14.0. The van der Waals surface area contributed by atoms with E-state index in [1.165, 1.54) is 20.0 Å². The van der Waals surface area contributed by atoms with Gasteiger partial charge in [0.15, 0.2) is 5.57 Å². The number of hydrogen-bond donors (Lipinski definition) is 1. The lowest BCUT2D eigenvalue weighted by atomic mass is 10.1. The molecular formula is C17H19NO6. The molecule has 2 rings (SSSR count). The van der Waals surface area contributed by atoms with Crippen molar-refractivity contribution in [2.24, 2.45) is 0 Å². The van der Waals surface area contributed by atoms with Crippen molar-refractivity contribution in [1.82, 2.24) is 0 Å². The van der Waals surface area contributed by atoms with Gasteiger partial charge >= 0.3 is 17.9 Å². The number of nitrogens with one attached hydrogen (secondary N) is 1. The third-order valence-electron chi connectivity index (χ3n) is 3.22. The zero-order chi connectivity index (χ0) is 17.9. The van der Waals surface area contributed by atoms with Gasteiger partial charge in [-0.1, -0.05) is 0 Å². The van der Waals surface area contributed by atoms with E-state index in [2.05, 4.69) is 5.32 Å². The first kappa shape index (κ1) is 17.5. The number of rotatable bonds is 4. The molecule has 1 N–H and O–H groups in total. The van der Waals surface area contributed by atoms with Crippen molar-refractivity contribution >= 4 is 23.6 Å². The van der Waals surface area contributed by atoms with Crippen LogP contribution < -0.4 is 5.32 Å². The van der Waals surface area contributed by atoms with E-state index >= 15 is 0 Å². The minimum absolute atomic E-state index is 0.235. The van der Waals surface area contributed by atoms with Gasteiger partial charge in [-0.25, -0.2) is 14.4 Å². The van der Waals surface area contributed by atoms with Gasteiger partial charge in [0.1, 0.15) is 0 Å². The average molecular weight is 333 g/mol. The summed E-state index contributed by atoms with van der Waals surface area (Å²) in [4.78, 5) is 35.4. The highest BCUT2D eigenvalue weighted by Crippen LogP contribution is 2.23. The topological polar surface area (TPSA) is 90.9 Å². The van der Waals surface area contributed by atoms with Crippen molar-refractivity contribution in [2.75, 3.05) is 11.9 Å². The molecule has 0 amide bonds. The highest BCUT2D eigenvalue weighted by Gasteiger charge is 2.38. The quantitative estimate of drug-likeness (QED) is 0.513. The van der Waals surface area contributed by atoms with Crippen LogP contribution in [0.15, 0.2) is 30.0 Å². The second kappa shape index (κ2) is 6.74. The smallest absolute Gasteiger partial charge is 0.350 e. The number of benzene rings is 1. The standard InChI is InChI=1S/C17H19NO6/c1-5-22-14(19)12-7-6-11(8-10(12)2)18-9-13-15(20)23-17(3,4)24-16(13)21/h6-9,18H,5H2,1-4H3. The molecule has 128 valence electrons. The highest BCUT2D eigenvalue weighted by atomic mass is 16.7. The van der Waals surface area contributed by atoms with Crippen LogP contribution in [-0.4, -0.2) is 30.3 Å². The SMILES string of the molecule is CCOC(=O)c1ccc(NC=C2C(=O)OC(C)(C)OC2=O)cc1C. The van der Waals surface area contributed by atoms with Crippen molar-refractivity contribution in [3.8, 4) is 0 Å². The fraction of sp³-hybridized carbons (Fsp3) is 0.353. The normalized spacial score (nSPS) is 16.1. The minimum Gasteiger partial charge on any atom is -0.462 e. The van der Waals surface area contributed by atoms with E-state index in [9.17, 15) is 14.4 Å². The number of anilines is 1. The van der Waals surface area contributed by atoms with Crippen molar-refractivity contribution < 1.29 is 28.6 Å². The summed E-state index contributed by atoms with van der Waals surface area (Å²) in [6.45, 7) is 6.75. The lowest BCUT2D eigenvalue weighted by Crippen LogP contribution is -2.42. The predicted octanol–water partition coefficient (Wildman–Crippen LogP) is 2.30. The van der Waals surface area contributed by atoms with Crippen LogP contribution in [-0.2, 0) is 23.8 Å². The summed E-state index contributed by atoms with van der Waals surface area (Å²) in [5, 5.41) is 2.83. The Morgan fingerprint density at radius 2 is 1.88 bits per heavy atom. The highest BCUT2D eigenvalue weighted by molar-refractivity contribution is 6.15. The van der Waals surface area contributed by atoms with E-state index in [0.29, 0.717) is 23.4 Å². The molecular weight excluding hydrogens is 314 g/mol. The Bertz CT molecular complexity index is 698. The molecule has 1 fully saturated rings. The van der Waals surface area contributed by atoms with Crippen LogP contribution in [0.3, 0.4) is 0 Å². The Hall–Kier alpha value is -2.83. The number of carbonyl (C=O) groups excluding carboxylic acids is 3. The lowest BCUT2D eigenvalue weighted by Gasteiger charge is -2.29. The zero-order valence-corrected chi connectivity index (χ0v) is 14.0. The molecule has 0 spiro atoms. The Kier molecular flexibility index (Phi) is 4.92. The summed E-state index contributed by atoms with van der Waals surface area (Å²) in [5.41, 5.74) is 1.51. The Balaban J connectivity index is 2.14. The maximum Gasteiger partial charge on any atom is 0.350 e. The largest absolute Gasteiger partial charge is 0.462 e. The summed E-state index contributed by atoms with van der Waals surface area (Å²) >= 11 is 0. The number of esters is 3. The third kappa shape index (κ3) is 3.92. The second-order valence-electron chi connectivity index (χ2n) is 5.63. The monoisotopic (exact) mass is 333 g/mol. The van der Waals surface area contributed by atoms with Crippen LogP contribution in [0.1, 0.15) is 36.7 Å². The summed E-state index contributed by atoms with van der Waals surface area (Å²) in [6.07, 6.45) is 1.22. The van der Waals surface area contributed by atoms with Crippen molar-refractivity contribution in [2.45, 2.75) is 33.5 Å². The molecule has 1 aromatic carbocycles. The molecule has 24 heavy (non-hydrogen) atoms. The molecule has 1 aliphatic heterocycles. The van der Waals surface area contributed by atoms with E-state index < -0.39 is 23.7 Å². The maximum atomic E-state index is 11.8. The van der Waals surface area contributed by atoms with Gasteiger partial charge in [0, 0.05) is 25.7 Å². The molecule has 0 radical (unpaired) electrons. The van der Waals surface area contributed by atoms with Gasteiger partial charge in [-0.15, -0.1) is 0 Å². The number of ether oxygens (including phenoxy) is 3. The summed E-state index contributed by atoms with van der Waals surface area (Å²) in [6, 6.07) is 4.95. The fourth-order valence-corrected chi connectivity index (χ4v) is 2.13. The predicted molar refractivity (Wildman–Crippen MR) is 85.1 cm³/mol. The summed E-state index contributed by atoms with van der Waals surface area (Å²) < 4.78 is 14.9. The van der Waals surface area contributed by atoms with Crippen LogP contribution in [0.2, 0.25) is 0 Å². The van der Waals surface area contributed by atoms with Crippen LogP contribution in [0, 0.1) is 6.92 Å². The molecule has 1 aromatic rings. The summed E-state index contributed by atoms with van der Waals surface area (Å²) in [5.74, 6) is -3.20. The van der Waals surface area contributed by atoms with Crippen molar-refractivity contribution in [3.05, 3.63) is 41.1 Å². The van der Waals surface area contributed by atoms with Crippen LogP contribution in [0.5, 0.6) is 0 Å². The molecule has 0 atom stereocenters. The summed E-state index contributed by atoms with van der Waals surface area (Å²) in [7, 11) is 0. The number of cyclic esters (lactones) is 2. The number of aryl methyl sites for hydroxylation is 1. The second-order valence-corrected chi connectivity index (χ2v) is 5.63. The van der Waals surface area contributed by atoms with Gasteiger partial charge < -0.3 is 19.5 Å². The van der Waals surface area contributed by atoms with Crippen LogP contribution >= 0.6 is 0 Å². The van der Waals surface area contributed by atoms with Gasteiger partial charge in [-0.3, -0.25) is 0 Å². The first-order valence-corrected chi connectivity index (χ1v) is 7.44. The molecule has 0 aromatic heterocycles. The minimum atomic E-state index is -1.27. The molecule has 0 bridgehead atoms. The van der Waals surface area contributed by atoms with Crippen LogP contribution in [0.4, 0.5) is 5.69 Å². The fourth-order valence-electron chi connectivity index (χ4n) is 2.13. The van der Waals surface area contributed by atoms with E-state index in [0.717, 1.165) is 0 Å². The molecule has 1 saturated heterocycles. The molecule has 0 saturated carbocycles. The molecule has 1 aliphatic rings. The lowest BCUT2D eigenvalue weighted by molar-refractivity contribution is -0.222. The Morgan fingerprint density at radius 1 is 1.25 bits per heavy atom. The molecule has 7 heteroatoms. The molecule has 0 aliphatic carbocycles. The van der Waals surface area contributed by atoms with Gasteiger partial charge in [-0.2, -0.15) is 0 Å². The third-order valence-corrected chi connectivity index (χ3v) is 3.22. The van der Waals surface area contributed by atoms with E-state index in [4.69, 9.17) is 14.2 Å². The molecule has 1 heterocycles. The number of carbonyl (C=O) groups is 3. The van der Waals surface area contributed by atoms with Crippen molar-refractivity contribution in [3.63, 3.8) is 0 Å². The van der Waals surface area contributed by atoms with Crippen LogP contribution in [0.25, 0.3) is 0 Å². The van der Waals surface area contributed by atoms with Gasteiger partial charge in [0.05, 0.1) is 12.2 Å². The molecule has 7 nitrogen and oxygen atoms in total. The Labute approximate surface area is 139 Å².